The van der Waals surface area contributed by atoms with E-state index < -0.39 is 0 Å². The number of benzene rings is 1. The number of carbonyl (C=O) groups is 3. The van der Waals surface area contributed by atoms with Crippen molar-refractivity contribution in [1.82, 2.24) is 14.7 Å². The highest BCUT2D eigenvalue weighted by Crippen LogP contribution is 2.26. The van der Waals surface area contributed by atoms with E-state index in [1.54, 1.807) is 4.90 Å². The van der Waals surface area contributed by atoms with Gasteiger partial charge in [0.15, 0.2) is 0 Å². The van der Waals surface area contributed by atoms with Gasteiger partial charge in [-0.2, -0.15) is 0 Å². The number of amides is 3. The number of nitrogens with zero attached hydrogens (tertiary/aromatic N) is 3. The molecule has 0 spiro atoms. The molecule has 1 unspecified atom stereocenters. The molecule has 1 aromatic carbocycles. The van der Waals surface area contributed by atoms with Crippen LogP contribution in [0.1, 0.15) is 44.6 Å². The Hall–Kier alpha value is -2.37. The molecule has 0 saturated carbocycles. The zero-order valence-electron chi connectivity index (χ0n) is 17.7. The number of carbonyl (C=O) groups excluding carboxylic acids is 3. The van der Waals surface area contributed by atoms with Crippen molar-refractivity contribution >= 4 is 17.7 Å². The summed E-state index contributed by atoms with van der Waals surface area (Å²) in [6, 6.07) is 9.88. The molecule has 2 heterocycles. The van der Waals surface area contributed by atoms with Crippen LogP contribution in [-0.4, -0.2) is 65.6 Å². The second-order valence-electron chi connectivity index (χ2n) is 8.37. The van der Waals surface area contributed by atoms with Gasteiger partial charge in [-0.3, -0.25) is 14.4 Å². The average Bonchev–Trinajstić information content (AvgIpc) is 3.12. The third kappa shape index (κ3) is 5.37. The van der Waals surface area contributed by atoms with Gasteiger partial charge in [0, 0.05) is 52.1 Å². The summed E-state index contributed by atoms with van der Waals surface area (Å²) in [6.07, 6.45) is 3.83. The van der Waals surface area contributed by atoms with Crippen molar-refractivity contribution in [1.29, 1.82) is 0 Å². The van der Waals surface area contributed by atoms with Crippen LogP contribution < -0.4 is 0 Å². The van der Waals surface area contributed by atoms with Crippen molar-refractivity contribution in [3.05, 3.63) is 35.9 Å². The van der Waals surface area contributed by atoms with Crippen LogP contribution in [0.15, 0.2) is 30.3 Å². The molecule has 2 aliphatic heterocycles. The quantitative estimate of drug-likeness (QED) is 0.708. The molecule has 2 fully saturated rings. The van der Waals surface area contributed by atoms with Gasteiger partial charge in [0.25, 0.3) is 0 Å². The van der Waals surface area contributed by atoms with Crippen LogP contribution in [0.5, 0.6) is 0 Å². The summed E-state index contributed by atoms with van der Waals surface area (Å²) in [5.41, 5.74) is 1.08. The highest BCUT2D eigenvalue weighted by atomic mass is 16.2. The molecular formula is C23H33N3O3. The molecule has 2 saturated heterocycles. The van der Waals surface area contributed by atoms with Gasteiger partial charge in [0.1, 0.15) is 0 Å². The summed E-state index contributed by atoms with van der Waals surface area (Å²) < 4.78 is 0. The topological polar surface area (TPSA) is 60.9 Å². The Labute approximate surface area is 173 Å². The highest BCUT2D eigenvalue weighted by molar-refractivity contribution is 5.89. The normalized spacial score (nSPS) is 20.2. The Morgan fingerprint density at radius 2 is 1.79 bits per heavy atom. The maximum absolute atomic E-state index is 12.9. The average molecular weight is 400 g/mol. The van der Waals surface area contributed by atoms with E-state index >= 15 is 0 Å². The standard InChI is InChI=1S/C23H33N3O3/c1-3-4-12-24(2)22(28)19-10-13-25(14-11-19)23(29)20-15-21(27)26(17-20)16-18-8-6-5-7-9-18/h5-9,19-20H,3-4,10-17H2,1-2H3. The zero-order valence-corrected chi connectivity index (χ0v) is 17.7. The fourth-order valence-electron chi connectivity index (χ4n) is 4.32. The lowest BCUT2D eigenvalue weighted by atomic mass is 9.94. The van der Waals surface area contributed by atoms with Crippen LogP contribution in [0, 0.1) is 11.8 Å². The van der Waals surface area contributed by atoms with Gasteiger partial charge in [-0.1, -0.05) is 43.7 Å². The second kappa shape index (κ2) is 9.90. The SMILES string of the molecule is CCCCN(C)C(=O)C1CCN(C(=O)C2CC(=O)N(Cc3ccccc3)C2)CC1. The van der Waals surface area contributed by atoms with E-state index in [2.05, 4.69) is 6.92 Å². The van der Waals surface area contributed by atoms with Crippen molar-refractivity contribution < 1.29 is 14.4 Å². The number of hydrogen-bond acceptors (Lipinski definition) is 3. The Balaban J connectivity index is 1.48. The summed E-state index contributed by atoms with van der Waals surface area (Å²) in [7, 11) is 1.88. The first-order chi connectivity index (χ1) is 14.0. The first kappa shape index (κ1) is 21.3. The highest BCUT2D eigenvalue weighted by Gasteiger charge is 2.38. The molecule has 2 aliphatic rings. The van der Waals surface area contributed by atoms with Gasteiger partial charge in [0.05, 0.1) is 5.92 Å². The van der Waals surface area contributed by atoms with E-state index in [0.717, 1.165) is 37.8 Å². The van der Waals surface area contributed by atoms with E-state index in [9.17, 15) is 14.4 Å². The Bertz CT molecular complexity index is 713. The Kier molecular flexibility index (Phi) is 7.29. The largest absolute Gasteiger partial charge is 0.346 e. The van der Waals surface area contributed by atoms with Crippen LogP contribution in [0.25, 0.3) is 0 Å². The minimum absolute atomic E-state index is 0.0145. The first-order valence-corrected chi connectivity index (χ1v) is 10.8. The Morgan fingerprint density at radius 1 is 1.10 bits per heavy atom. The smallest absolute Gasteiger partial charge is 0.227 e. The lowest BCUT2D eigenvalue weighted by Crippen LogP contribution is -2.45. The van der Waals surface area contributed by atoms with Crippen molar-refractivity contribution in [2.75, 3.05) is 33.2 Å². The van der Waals surface area contributed by atoms with Crippen molar-refractivity contribution in [3.8, 4) is 0 Å². The van der Waals surface area contributed by atoms with Crippen LogP contribution in [0.4, 0.5) is 0 Å². The molecule has 6 heteroatoms. The number of rotatable bonds is 7. The fourth-order valence-corrected chi connectivity index (χ4v) is 4.32. The van der Waals surface area contributed by atoms with Crippen LogP contribution in [0.3, 0.4) is 0 Å². The predicted octanol–water partition coefficient (Wildman–Crippen LogP) is 2.53. The maximum Gasteiger partial charge on any atom is 0.227 e. The number of hydrogen-bond donors (Lipinski definition) is 0. The summed E-state index contributed by atoms with van der Waals surface area (Å²) in [5, 5.41) is 0. The number of unbranched alkanes of at least 4 members (excludes halogenated alkanes) is 1. The summed E-state index contributed by atoms with van der Waals surface area (Å²) >= 11 is 0. The molecule has 0 N–H and O–H groups in total. The lowest BCUT2D eigenvalue weighted by Gasteiger charge is -2.34. The van der Waals surface area contributed by atoms with E-state index in [-0.39, 0.29) is 29.6 Å². The molecule has 3 rings (SSSR count). The first-order valence-electron chi connectivity index (χ1n) is 10.8. The van der Waals surface area contributed by atoms with Crippen molar-refractivity contribution in [2.45, 2.75) is 45.6 Å². The molecule has 3 amide bonds. The van der Waals surface area contributed by atoms with E-state index in [4.69, 9.17) is 0 Å². The molecule has 0 bridgehead atoms. The Morgan fingerprint density at radius 3 is 2.45 bits per heavy atom. The second-order valence-corrected chi connectivity index (χ2v) is 8.37. The van der Waals surface area contributed by atoms with E-state index in [1.807, 2.05) is 47.2 Å². The molecule has 0 radical (unpaired) electrons. The molecule has 1 aromatic rings. The van der Waals surface area contributed by atoms with Crippen molar-refractivity contribution in [3.63, 3.8) is 0 Å². The zero-order chi connectivity index (χ0) is 20.8. The van der Waals surface area contributed by atoms with Crippen LogP contribution in [0.2, 0.25) is 0 Å². The minimum atomic E-state index is -0.259. The lowest BCUT2D eigenvalue weighted by molar-refractivity contribution is -0.141. The fraction of sp³-hybridized carbons (Fsp3) is 0.609. The van der Waals surface area contributed by atoms with E-state index in [1.165, 1.54) is 0 Å². The monoisotopic (exact) mass is 399 g/mol. The number of likely N-dealkylation sites (tertiary alicyclic amines) is 2. The maximum atomic E-state index is 12.9. The van der Waals surface area contributed by atoms with Crippen molar-refractivity contribution in [2.24, 2.45) is 11.8 Å². The number of piperidine rings is 1. The molecule has 158 valence electrons. The van der Waals surface area contributed by atoms with Crippen LogP contribution in [-0.2, 0) is 20.9 Å². The van der Waals surface area contributed by atoms with E-state index in [0.29, 0.717) is 32.6 Å². The minimum Gasteiger partial charge on any atom is -0.346 e. The third-order valence-corrected chi connectivity index (χ3v) is 6.16. The molecular weight excluding hydrogens is 366 g/mol. The molecule has 0 aliphatic carbocycles. The summed E-state index contributed by atoms with van der Waals surface area (Å²) in [6.45, 7) is 5.20. The van der Waals surface area contributed by atoms with Gasteiger partial charge in [-0.05, 0) is 24.8 Å². The van der Waals surface area contributed by atoms with Gasteiger partial charge >= 0.3 is 0 Å². The third-order valence-electron chi connectivity index (χ3n) is 6.16. The molecule has 6 nitrogen and oxygen atoms in total. The molecule has 0 aromatic heterocycles. The molecule has 1 atom stereocenters. The van der Waals surface area contributed by atoms with Gasteiger partial charge in [-0.25, -0.2) is 0 Å². The van der Waals surface area contributed by atoms with Gasteiger partial charge < -0.3 is 14.7 Å². The molecule has 29 heavy (non-hydrogen) atoms. The summed E-state index contributed by atoms with van der Waals surface area (Å²) in [5.74, 6) is 0.0796. The predicted molar refractivity (Wildman–Crippen MR) is 112 cm³/mol. The van der Waals surface area contributed by atoms with Crippen LogP contribution >= 0.6 is 0 Å². The van der Waals surface area contributed by atoms with Gasteiger partial charge in [0.2, 0.25) is 17.7 Å². The summed E-state index contributed by atoms with van der Waals surface area (Å²) in [4.78, 5) is 43.4. The van der Waals surface area contributed by atoms with Gasteiger partial charge in [-0.15, -0.1) is 0 Å².